The van der Waals surface area contributed by atoms with Gasteiger partial charge in [0.15, 0.2) is 0 Å². The maximum absolute atomic E-state index is 12.6. The first-order chi connectivity index (χ1) is 15.7. The third-order valence-corrected chi connectivity index (χ3v) is 8.31. The molecule has 3 aliphatic rings. The molecule has 0 radical (unpaired) electrons. The number of amides is 1. The maximum atomic E-state index is 12.6. The molecule has 2 aromatic heterocycles. The number of nitrogens with one attached hydrogen (secondary N) is 1. The number of rotatable bonds is 8. The van der Waals surface area contributed by atoms with Crippen LogP contribution in [0.25, 0.3) is 10.2 Å². The topological polar surface area (TPSA) is 70.6 Å². The molecule has 0 spiro atoms. The molecule has 3 heterocycles. The average Bonchev–Trinajstić information content (AvgIpc) is 3.61. The van der Waals surface area contributed by atoms with Gasteiger partial charge in [-0.3, -0.25) is 9.69 Å². The van der Waals surface area contributed by atoms with Crippen LogP contribution in [0, 0.1) is 0 Å². The van der Waals surface area contributed by atoms with E-state index in [0.29, 0.717) is 19.1 Å². The molecule has 7 nitrogen and oxygen atoms in total. The quantitative estimate of drug-likeness (QED) is 0.614. The first-order valence-electron chi connectivity index (χ1n) is 12.2. The highest BCUT2D eigenvalue weighted by Crippen LogP contribution is 2.44. The first-order valence-corrected chi connectivity index (χ1v) is 13.0. The number of methoxy groups -OCH3 is 1. The summed E-state index contributed by atoms with van der Waals surface area (Å²) in [6, 6.07) is -0.110. The highest BCUT2D eigenvalue weighted by Gasteiger charge is 2.32. The normalized spacial score (nSPS) is 20.4. The molecule has 174 valence electrons. The Morgan fingerprint density at radius 3 is 2.72 bits per heavy atom. The van der Waals surface area contributed by atoms with Crippen LogP contribution in [0.2, 0.25) is 0 Å². The third kappa shape index (κ3) is 4.50. The molecule has 1 unspecified atom stereocenters. The van der Waals surface area contributed by atoms with Crippen LogP contribution in [0.4, 0.5) is 5.82 Å². The van der Waals surface area contributed by atoms with Gasteiger partial charge in [0.1, 0.15) is 16.5 Å². The van der Waals surface area contributed by atoms with Crippen molar-refractivity contribution in [1.82, 2.24) is 20.2 Å². The Morgan fingerprint density at radius 1 is 1.19 bits per heavy atom. The zero-order valence-electron chi connectivity index (χ0n) is 19.4. The van der Waals surface area contributed by atoms with Gasteiger partial charge in [-0.25, -0.2) is 9.97 Å². The molecule has 1 amide bonds. The van der Waals surface area contributed by atoms with Crippen LogP contribution in [-0.4, -0.2) is 73.3 Å². The Hall–Kier alpha value is -1.77. The molecule has 2 fully saturated rings. The van der Waals surface area contributed by atoms with E-state index >= 15 is 0 Å². The van der Waals surface area contributed by atoms with E-state index in [1.807, 2.05) is 18.3 Å². The summed E-state index contributed by atoms with van der Waals surface area (Å²) in [5.41, 5.74) is 1.51. The monoisotopic (exact) mass is 457 g/mol. The SMILES string of the molecule is COCCCNC(=O)C(C)N1CCN(c2nc(C3CC3)nc3sc4c(c23)CCCC4)CC1. The lowest BCUT2D eigenvalue weighted by atomic mass is 9.96. The van der Waals surface area contributed by atoms with E-state index in [0.717, 1.165) is 50.7 Å². The molecule has 5 rings (SSSR count). The fourth-order valence-corrected chi connectivity index (χ4v) is 6.23. The predicted molar refractivity (Wildman–Crippen MR) is 129 cm³/mol. The van der Waals surface area contributed by atoms with E-state index < -0.39 is 0 Å². The minimum Gasteiger partial charge on any atom is -0.385 e. The van der Waals surface area contributed by atoms with Gasteiger partial charge in [0, 0.05) is 57.2 Å². The van der Waals surface area contributed by atoms with Crippen LogP contribution in [0.3, 0.4) is 0 Å². The van der Waals surface area contributed by atoms with Crippen LogP contribution in [0.15, 0.2) is 0 Å². The van der Waals surface area contributed by atoms with E-state index in [4.69, 9.17) is 14.7 Å². The lowest BCUT2D eigenvalue weighted by molar-refractivity contribution is -0.126. The summed E-state index contributed by atoms with van der Waals surface area (Å²) >= 11 is 1.91. The largest absolute Gasteiger partial charge is 0.385 e. The van der Waals surface area contributed by atoms with Crippen molar-refractivity contribution in [2.45, 2.75) is 63.8 Å². The molecule has 1 atom stereocenters. The molecule has 1 saturated heterocycles. The molecule has 2 aliphatic carbocycles. The van der Waals surface area contributed by atoms with Gasteiger partial charge in [-0.2, -0.15) is 0 Å². The van der Waals surface area contributed by atoms with E-state index in [2.05, 4.69) is 15.1 Å². The maximum Gasteiger partial charge on any atom is 0.237 e. The summed E-state index contributed by atoms with van der Waals surface area (Å²) in [6.45, 7) is 6.93. The van der Waals surface area contributed by atoms with Crippen molar-refractivity contribution < 1.29 is 9.53 Å². The van der Waals surface area contributed by atoms with Gasteiger partial charge in [0.25, 0.3) is 0 Å². The van der Waals surface area contributed by atoms with E-state index in [-0.39, 0.29) is 11.9 Å². The number of hydrogen-bond donors (Lipinski definition) is 1. The van der Waals surface area contributed by atoms with E-state index in [9.17, 15) is 4.79 Å². The summed E-state index contributed by atoms with van der Waals surface area (Å²) in [4.78, 5) is 30.2. The standard InChI is InChI=1S/C24H35N5O2S/c1-16(23(30)25-10-5-15-31-2)28-11-13-29(14-12-28)22-20-18-6-3-4-7-19(18)32-24(20)27-21(26-22)17-8-9-17/h16-17H,3-15H2,1-2H3,(H,25,30). The van der Waals surface area contributed by atoms with Crippen molar-refractivity contribution in [3.05, 3.63) is 16.3 Å². The summed E-state index contributed by atoms with van der Waals surface area (Å²) in [5, 5.41) is 4.37. The van der Waals surface area contributed by atoms with E-state index in [1.54, 1.807) is 7.11 Å². The second-order valence-electron chi connectivity index (χ2n) is 9.41. The molecule has 2 aromatic rings. The van der Waals surface area contributed by atoms with Gasteiger partial charge in [0.05, 0.1) is 11.4 Å². The number of piperazine rings is 1. The minimum absolute atomic E-state index is 0.110. The summed E-state index contributed by atoms with van der Waals surface area (Å²) in [6.07, 6.45) is 8.21. The van der Waals surface area contributed by atoms with E-state index in [1.165, 1.54) is 52.8 Å². The van der Waals surface area contributed by atoms with Crippen LogP contribution >= 0.6 is 11.3 Å². The number of ether oxygens (including phenoxy) is 1. The number of aromatic nitrogens is 2. The Kier molecular flexibility index (Phi) is 6.62. The number of aryl methyl sites for hydroxylation is 2. The molecule has 32 heavy (non-hydrogen) atoms. The molecule has 0 aromatic carbocycles. The summed E-state index contributed by atoms with van der Waals surface area (Å²) < 4.78 is 5.06. The van der Waals surface area contributed by atoms with Crippen molar-refractivity contribution >= 4 is 33.3 Å². The van der Waals surface area contributed by atoms with Gasteiger partial charge in [0.2, 0.25) is 5.91 Å². The Bertz CT molecular complexity index is 965. The number of thiophene rings is 1. The zero-order chi connectivity index (χ0) is 22.1. The molecule has 1 saturated carbocycles. The molecular weight excluding hydrogens is 422 g/mol. The lowest BCUT2D eigenvalue weighted by Gasteiger charge is -2.38. The van der Waals surface area contributed by atoms with Crippen LogP contribution in [0.1, 0.15) is 61.2 Å². The minimum atomic E-state index is -0.110. The van der Waals surface area contributed by atoms with Crippen molar-refractivity contribution in [2.24, 2.45) is 0 Å². The molecule has 0 bridgehead atoms. The first kappa shape index (κ1) is 22.0. The number of anilines is 1. The third-order valence-electron chi connectivity index (χ3n) is 7.12. The second kappa shape index (κ2) is 9.61. The lowest BCUT2D eigenvalue weighted by Crippen LogP contribution is -2.54. The second-order valence-corrected chi connectivity index (χ2v) is 10.5. The molecule has 8 heteroatoms. The van der Waals surface area contributed by atoms with Gasteiger partial charge < -0.3 is 15.0 Å². The number of carbonyl (C=O) groups excluding carboxylic acids is 1. The number of hydrogen-bond acceptors (Lipinski definition) is 7. The van der Waals surface area contributed by atoms with Crippen molar-refractivity contribution in [1.29, 1.82) is 0 Å². The highest BCUT2D eigenvalue weighted by atomic mass is 32.1. The number of nitrogens with zero attached hydrogens (tertiary/aromatic N) is 4. The Balaban J connectivity index is 1.30. The highest BCUT2D eigenvalue weighted by molar-refractivity contribution is 7.19. The van der Waals surface area contributed by atoms with Crippen LogP contribution in [0.5, 0.6) is 0 Å². The summed E-state index contributed by atoms with van der Waals surface area (Å²) in [5.74, 6) is 2.88. The predicted octanol–water partition coefficient (Wildman–Crippen LogP) is 3.11. The molecular formula is C24H35N5O2S. The van der Waals surface area contributed by atoms with Gasteiger partial charge in [-0.1, -0.05) is 0 Å². The van der Waals surface area contributed by atoms with Crippen molar-refractivity contribution in [3.8, 4) is 0 Å². The van der Waals surface area contributed by atoms with Gasteiger partial charge >= 0.3 is 0 Å². The van der Waals surface area contributed by atoms with Gasteiger partial charge in [-0.15, -0.1) is 11.3 Å². The molecule has 1 N–H and O–H groups in total. The Morgan fingerprint density at radius 2 is 1.97 bits per heavy atom. The Labute approximate surface area is 194 Å². The summed E-state index contributed by atoms with van der Waals surface area (Å²) in [7, 11) is 1.69. The average molecular weight is 458 g/mol. The number of fused-ring (bicyclic) bond motifs is 3. The fraction of sp³-hybridized carbons (Fsp3) is 0.708. The van der Waals surface area contributed by atoms with Crippen molar-refractivity contribution in [2.75, 3.05) is 51.3 Å². The molecule has 1 aliphatic heterocycles. The van der Waals surface area contributed by atoms with Crippen LogP contribution in [-0.2, 0) is 22.4 Å². The fourth-order valence-electron chi connectivity index (χ4n) is 4.97. The van der Waals surface area contributed by atoms with Crippen LogP contribution < -0.4 is 10.2 Å². The smallest absolute Gasteiger partial charge is 0.237 e. The zero-order valence-corrected chi connectivity index (χ0v) is 20.2. The van der Waals surface area contributed by atoms with Gasteiger partial charge in [-0.05, 0) is 57.4 Å². The van der Waals surface area contributed by atoms with Crippen molar-refractivity contribution in [3.63, 3.8) is 0 Å². The number of carbonyl (C=O) groups is 1.